The van der Waals surface area contributed by atoms with Gasteiger partial charge in [0.2, 0.25) is 0 Å². The molecular formula is C15H23NO2. The first-order valence-corrected chi connectivity index (χ1v) is 6.70. The van der Waals surface area contributed by atoms with Crippen LogP contribution in [-0.2, 0) is 10.3 Å². The zero-order valence-electron chi connectivity index (χ0n) is 11.3. The van der Waals surface area contributed by atoms with Gasteiger partial charge in [-0.25, -0.2) is 0 Å². The van der Waals surface area contributed by atoms with Crippen LogP contribution in [0.3, 0.4) is 0 Å². The van der Waals surface area contributed by atoms with Crippen molar-refractivity contribution in [2.24, 2.45) is 11.7 Å². The fourth-order valence-corrected chi connectivity index (χ4v) is 2.17. The second-order valence-corrected chi connectivity index (χ2v) is 5.50. The quantitative estimate of drug-likeness (QED) is 0.892. The van der Waals surface area contributed by atoms with Crippen LogP contribution in [0.15, 0.2) is 24.3 Å². The van der Waals surface area contributed by atoms with Gasteiger partial charge < -0.3 is 15.2 Å². The summed E-state index contributed by atoms with van der Waals surface area (Å²) in [5.41, 5.74) is 7.39. The minimum Gasteiger partial charge on any atom is -0.493 e. The molecule has 0 atom stereocenters. The van der Waals surface area contributed by atoms with E-state index in [1.165, 1.54) is 5.56 Å². The molecule has 1 aromatic carbocycles. The van der Waals surface area contributed by atoms with Crippen molar-refractivity contribution in [3.05, 3.63) is 29.8 Å². The normalized spacial score (nSPS) is 18.9. The smallest absolute Gasteiger partial charge is 0.119 e. The number of nitrogens with two attached hydrogens (primary N) is 1. The summed E-state index contributed by atoms with van der Waals surface area (Å²) in [5.74, 6) is 1.46. The molecule has 1 aliphatic heterocycles. The molecule has 0 amide bonds. The zero-order valence-corrected chi connectivity index (χ0v) is 11.3. The van der Waals surface area contributed by atoms with Crippen LogP contribution in [0, 0.1) is 5.92 Å². The van der Waals surface area contributed by atoms with Crippen LogP contribution in [0.25, 0.3) is 0 Å². The van der Waals surface area contributed by atoms with Gasteiger partial charge in [0.25, 0.3) is 0 Å². The molecule has 0 bridgehead atoms. The van der Waals surface area contributed by atoms with Crippen molar-refractivity contribution < 1.29 is 9.47 Å². The molecule has 3 nitrogen and oxygen atoms in total. The van der Waals surface area contributed by atoms with E-state index >= 15 is 0 Å². The fraction of sp³-hybridized carbons (Fsp3) is 0.600. The summed E-state index contributed by atoms with van der Waals surface area (Å²) in [6.07, 6.45) is 1.78. The van der Waals surface area contributed by atoms with E-state index in [1.54, 1.807) is 0 Å². The second kappa shape index (κ2) is 5.72. The monoisotopic (exact) mass is 249 g/mol. The summed E-state index contributed by atoms with van der Waals surface area (Å²) in [6.45, 7) is 6.54. The minimum absolute atomic E-state index is 0.227. The number of rotatable bonds is 4. The third-order valence-corrected chi connectivity index (χ3v) is 3.40. The highest BCUT2D eigenvalue weighted by Crippen LogP contribution is 2.30. The van der Waals surface area contributed by atoms with Crippen LogP contribution in [0.4, 0.5) is 0 Å². The lowest BCUT2D eigenvalue weighted by atomic mass is 9.84. The van der Waals surface area contributed by atoms with Gasteiger partial charge in [-0.3, -0.25) is 0 Å². The Morgan fingerprint density at radius 2 is 1.83 bits per heavy atom. The molecule has 1 aromatic rings. The maximum atomic E-state index is 6.43. The number of hydrogen-bond acceptors (Lipinski definition) is 3. The van der Waals surface area contributed by atoms with E-state index in [-0.39, 0.29) is 5.54 Å². The van der Waals surface area contributed by atoms with Gasteiger partial charge in [-0.15, -0.1) is 0 Å². The largest absolute Gasteiger partial charge is 0.493 e. The van der Waals surface area contributed by atoms with Crippen molar-refractivity contribution in [1.29, 1.82) is 0 Å². The molecular weight excluding hydrogens is 226 g/mol. The maximum absolute atomic E-state index is 6.43. The summed E-state index contributed by atoms with van der Waals surface area (Å²) < 4.78 is 11.0. The van der Waals surface area contributed by atoms with Gasteiger partial charge >= 0.3 is 0 Å². The third kappa shape index (κ3) is 3.24. The predicted octanol–water partition coefficient (Wildman–Crippen LogP) is 2.69. The fourth-order valence-electron chi connectivity index (χ4n) is 2.17. The number of benzene rings is 1. The summed E-state index contributed by atoms with van der Waals surface area (Å²) >= 11 is 0. The van der Waals surface area contributed by atoms with Gasteiger partial charge in [-0.05, 0) is 36.5 Å². The van der Waals surface area contributed by atoms with Crippen molar-refractivity contribution >= 4 is 0 Å². The average Bonchev–Trinajstić information content (AvgIpc) is 2.38. The molecule has 1 heterocycles. The van der Waals surface area contributed by atoms with E-state index in [1.807, 2.05) is 12.1 Å². The van der Waals surface area contributed by atoms with Crippen molar-refractivity contribution in [1.82, 2.24) is 0 Å². The molecule has 0 saturated carbocycles. The third-order valence-electron chi connectivity index (χ3n) is 3.40. The van der Waals surface area contributed by atoms with E-state index in [9.17, 15) is 0 Å². The molecule has 2 rings (SSSR count). The van der Waals surface area contributed by atoms with E-state index in [0.717, 1.165) is 38.4 Å². The Kier molecular flexibility index (Phi) is 4.25. The lowest BCUT2D eigenvalue weighted by Gasteiger charge is -2.33. The molecule has 0 unspecified atom stereocenters. The Hall–Kier alpha value is -1.06. The highest BCUT2D eigenvalue weighted by molar-refractivity contribution is 5.32. The van der Waals surface area contributed by atoms with Crippen LogP contribution < -0.4 is 10.5 Å². The Morgan fingerprint density at radius 3 is 2.39 bits per heavy atom. The SMILES string of the molecule is CC(C)COc1ccc(C2(N)CCOCC2)cc1. The van der Waals surface area contributed by atoms with Crippen LogP contribution >= 0.6 is 0 Å². The Balaban J connectivity index is 2.02. The Bertz CT molecular complexity index is 367. The standard InChI is InChI=1S/C15H23NO2/c1-12(2)11-18-14-5-3-13(4-6-14)15(16)7-9-17-10-8-15/h3-6,12H,7-11,16H2,1-2H3. The first kappa shape index (κ1) is 13.4. The highest BCUT2D eigenvalue weighted by atomic mass is 16.5. The van der Waals surface area contributed by atoms with Crippen LogP contribution in [-0.4, -0.2) is 19.8 Å². The molecule has 0 radical (unpaired) electrons. The molecule has 0 spiro atoms. The lowest BCUT2D eigenvalue weighted by molar-refractivity contribution is 0.0522. The predicted molar refractivity (Wildman–Crippen MR) is 72.7 cm³/mol. The molecule has 0 aromatic heterocycles. The van der Waals surface area contributed by atoms with Gasteiger partial charge in [0.1, 0.15) is 5.75 Å². The second-order valence-electron chi connectivity index (χ2n) is 5.50. The molecule has 3 heteroatoms. The number of ether oxygens (including phenoxy) is 2. The highest BCUT2D eigenvalue weighted by Gasteiger charge is 2.29. The topological polar surface area (TPSA) is 44.5 Å². The van der Waals surface area contributed by atoms with Crippen molar-refractivity contribution in [2.45, 2.75) is 32.2 Å². The van der Waals surface area contributed by atoms with Crippen LogP contribution in [0.2, 0.25) is 0 Å². The molecule has 0 aliphatic carbocycles. The Labute approximate surface area is 109 Å². The number of hydrogen-bond donors (Lipinski definition) is 1. The van der Waals surface area contributed by atoms with Crippen LogP contribution in [0.5, 0.6) is 5.75 Å². The molecule has 18 heavy (non-hydrogen) atoms. The minimum atomic E-state index is -0.227. The zero-order chi connectivity index (χ0) is 13.0. The van der Waals surface area contributed by atoms with E-state index in [0.29, 0.717) is 5.92 Å². The van der Waals surface area contributed by atoms with Crippen molar-refractivity contribution in [3.63, 3.8) is 0 Å². The van der Waals surface area contributed by atoms with Gasteiger partial charge in [-0.2, -0.15) is 0 Å². The summed E-state index contributed by atoms with van der Waals surface area (Å²) in [6, 6.07) is 8.20. The Morgan fingerprint density at radius 1 is 1.22 bits per heavy atom. The van der Waals surface area contributed by atoms with Gasteiger partial charge in [-0.1, -0.05) is 26.0 Å². The van der Waals surface area contributed by atoms with Crippen molar-refractivity contribution in [3.8, 4) is 5.75 Å². The van der Waals surface area contributed by atoms with Crippen LogP contribution in [0.1, 0.15) is 32.3 Å². The lowest BCUT2D eigenvalue weighted by Crippen LogP contribution is -2.42. The van der Waals surface area contributed by atoms with Crippen molar-refractivity contribution in [2.75, 3.05) is 19.8 Å². The molecule has 100 valence electrons. The summed E-state index contributed by atoms with van der Waals surface area (Å²) in [5, 5.41) is 0. The first-order chi connectivity index (χ1) is 8.60. The summed E-state index contributed by atoms with van der Waals surface area (Å²) in [7, 11) is 0. The molecule has 1 aliphatic rings. The van der Waals surface area contributed by atoms with E-state index in [4.69, 9.17) is 15.2 Å². The van der Waals surface area contributed by atoms with E-state index < -0.39 is 0 Å². The maximum Gasteiger partial charge on any atom is 0.119 e. The van der Waals surface area contributed by atoms with Gasteiger partial charge in [0.05, 0.1) is 6.61 Å². The first-order valence-electron chi connectivity index (χ1n) is 6.70. The van der Waals surface area contributed by atoms with Gasteiger partial charge in [0, 0.05) is 18.8 Å². The molecule has 2 N–H and O–H groups in total. The summed E-state index contributed by atoms with van der Waals surface area (Å²) in [4.78, 5) is 0. The molecule has 1 saturated heterocycles. The molecule has 1 fully saturated rings. The van der Waals surface area contributed by atoms with Gasteiger partial charge in [0.15, 0.2) is 0 Å². The average molecular weight is 249 g/mol. The van der Waals surface area contributed by atoms with E-state index in [2.05, 4.69) is 26.0 Å².